The molecule has 0 saturated carbocycles. The molecule has 2 N–H and O–H groups in total. The van der Waals surface area contributed by atoms with Gasteiger partial charge in [0, 0.05) is 5.02 Å². The van der Waals surface area contributed by atoms with Crippen LogP contribution >= 0.6 is 23.2 Å². The minimum atomic E-state index is -3.77. The van der Waals surface area contributed by atoms with Crippen LogP contribution in [-0.4, -0.2) is 13.5 Å². The van der Waals surface area contributed by atoms with Crippen LogP contribution < -0.4 is 4.72 Å². The summed E-state index contributed by atoms with van der Waals surface area (Å²) < 4.78 is 27.0. The minimum absolute atomic E-state index is 0.0764. The quantitative estimate of drug-likeness (QED) is 0.889. The molecule has 112 valence electrons. The number of nitrogens with one attached hydrogen (secondary N) is 1. The lowest BCUT2D eigenvalue weighted by Gasteiger charge is -2.11. The summed E-state index contributed by atoms with van der Waals surface area (Å²) in [7, 11) is -3.77. The van der Waals surface area contributed by atoms with Gasteiger partial charge in [-0.15, -0.1) is 0 Å². The van der Waals surface area contributed by atoms with Gasteiger partial charge < -0.3 is 5.11 Å². The van der Waals surface area contributed by atoms with Gasteiger partial charge in [-0.3, -0.25) is 4.72 Å². The van der Waals surface area contributed by atoms with E-state index in [0.29, 0.717) is 10.6 Å². The Kier molecular flexibility index (Phi) is 4.78. The summed E-state index contributed by atoms with van der Waals surface area (Å²) in [6.45, 7) is 1.63. The van der Waals surface area contributed by atoms with Gasteiger partial charge in [-0.2, -0.15) is 0 Å². The molecule has 21 heavy (non-hydrogen) atoms. The molecule has 0 aliphatic carbocycles. The van der Waals surface area contributed by atoms with Crippen molar-refractivity contribution in [3.63, 3.8) is 0 Å². The predicted octanol–water partition coefficient (Wildman–Crippen LogP) is 3.59. The summed E-state index contributed by atoms with van der Waals surface area (Å²) in [6, 6.07) is 8.97. The lowest BCUT2D eigenvalue weighted by molar-refractivity contribution is 0.282. The number of hydrogen-bond acceptors (Lipinski definition) is 3. The normalized spacial score (nSPS) is 11.4. The van der Waals surface area contributed by atoms with Crippen LogP contribution in [-0.2, 0) is 16.6 Å². The monoisotopic (exact) mass is 345 g/mol. The molecular weight excluding hydrogens is 333 g/mol. The molecule has 0 fully saturated rings. The predicted molar refractivity (Wildman–Crippen MR) is 84.4 cm³/mol. The van der Waals surface area contributed by atoms with E-state index in [1.54, 1.807) is 13.0 Å². The zero-order valence-corrected chi connectivity index (χ0v) is 13.4. The fourth-order valence-corrected chi connectivity index (χ4v) is 3.26. The second-order valence-corrected chi connectivity index (χ2v) is 6.99. The third kappa shape index (κ3) is 3.68. The molecule has 0 unspecified atom stereocenters. The SMILES string of the molecule is Cc1cc(Cl)c(NS(=O)(=O)c2ccc(CO)cc2)cc1Cl. The van der Waals surface area contributed by atoms with Crippen LogP contribution in [0.25, 0.3) is 0 Å². The number of aliphatic hydroxyl groups excluding tert-OH is 1. The first-order valence-corrected chi connectivity index (χ1v) is 8.25. The van der Waals surface area contributed by atoms with Crippen molar-refractivity contribution in [1.29, 1.82) is 0 Å². The number of halogens is 2. The molecule has 0 spiro atoms. The Morgan fingerprint density at radius 1 is 1.10 bits per heavy atom. The van der Waals surface area contributed by atoms with Crippen molar-refractivity contribution in [2.24, 2.45) is 0 Å². The highest BCUT2D eigenvalue weighted by Gasteiger charge is 2.16. The molecule has 0 heterocycles. The van der Waals surface area contributed by atoms with Crippen molar-refractivity contribution in [3.05, 3.63) is 57.6 Å². The van der Waals surface area contributed by atoms with Crippen LogP contribution in [0.4, 0.5) is 5.69 Å². The third-order valence-corrected chi connectivity index (χ3v) is 5.01. The summed E-state index contributed by atoms with van der Waals surface area (Å²) in [5, 5.41) is 9.66. The number of benzene rings is 2. The lowest BCUT2D eigenvalue weighted by atomic mass is 10.2. The highest BCUT2D eigenvalue weighted by atomic mass is 35.5. The van der Waals surface area contributed by atoms with Gasteiger partial charge in [-0.1, -0.05) is 35.3 Å². The number of rotatable bonds is 4. The Balaban J connectivity index is 2.34. The Hall–Kier alpha value is -1.27. The Morgan fingerprint density at radius 3 is 2.29 bits per heavy atom. The molecule has 0 bridgehead atoms. The van der Waals surface area contributed by atoms with E-state index in [0.717, 1.165) is 5.56 Å². The highest BCUT2D eigenvalue weighted by molar-refractivity contribution is 7.92. The Labute approximate surface area is 133 Å². The first kappa shape index (κ1) is 16.1. The maximum Gasteiger partial charge on any atom is 0.261 e. The van der Waals surface area contributed by atoms with E-state index < -0.39 is 10.0 Å². The van der Waals surface area contributed by atoms with Crippen LogP contribution in [0.5, 0.6) is 0 Å². The molecular formula is C14H13Cl2NO3S. The van der Waals surface area contributed by atoms with Crippen LogP contribution in [0.3, 0.4) is 0 Å². The number of aliphatic hydroxyl groups is 1. The van der Waals surface area contributed by atoms with Gasteiger partial charge in [0.2, 0.25) is 0 Å². The lowest BCUT2D eigenvalue weighted by Crippen LogP contribution is -2.13. The molecule has 0 aromatic heterocycles. The molecule has 2 aromatic carbocycles. The van der Waals surface area contributed by atoms with Gasteiger partial charge in [0.05, 0.1) is 22.2 Å². The molecule has 0 aliphatic rings. The van der Waals surface area contributed by atoms with Crippen LogP contribution in [0.15, 0.2) is 41.3 Å². The molecule has 0 radical (unpaired) electrons. The average molecular weight is 346 g/mol. The molecule has 4 nitrogen and oxygen atoms in total. The number of anilines is 1. The fraction of sp³-hybridized carbons (Fsp3) is 0.143. The summed E-state index contributed by atoms with van der Waals surface area (Å²) in [6.07, 6.45) is 0. The second-order valence-electron chi connectivity index (χ2n) is 4.49. The molecule has 2 aromatic rings. The highest BCUT2D eigenvalue weighted by Crippen LogP contribution is 2.30. The second kappa shape index (κ2) is 6.23. The maximum atomic E-state index is 12.3. The van der Waals surface area contributed by atoms with E-state index in [9.17, 15) is 8.42 Å². The third-order valence-electron chi connectivity index (χ3n) is 2.91. The van der Waals surface area contributed by atoms with Crippen molar-refractivity contribution in [3.8, 4) is 0 Å². The smallest absolute Gasteiger partial charge is 0.261 e. The largest absolute Gasteiger partial charge is 0.392 e. The molecule has 0 aliphatic heterocycles. The van der Waals surface area contributed by atoms with Gasteiger partial charge in [-0.25, -0.2) is 8.42 Å². The number of aryl methyl sites for hydroxylation is 1. The average Bonchev–Trinajstić information content (AvgIpc) is 2.44. The Morgan fingerprint density at radius 2 is 1.71 bits per heavy atom. The van der Waals surface area contributed by atoms with Crippen LogP contribution in [0.2, 0.25) is 10.0 Å². The topological polar surface area (TPSA) is 66.4 Å². The minimum Gasteiger partial charge on any atom is -0.392 e. The summed E-state index contributed by atoms with van der Waals surface area (Å²) in [4.78, 5) is 0.0764. The van der Waals surface area contributed by atoms with Gasteiger partial charge in [0.15, 0.2) is 0 Å². The van der Waals surface area contributed by atoms with E-state index in [2.05, 4.69) is 4.72 Å². The molecule has 0 amide bonds. The fourth-order valence-electron chi connectivity index (χ4n) is 1.70. The number of sulfonamides is 1. The van der Waals surface area contributed by atoms with Gasteiger partial charge in [0.1, 0.15) is 0 Å². The van der Waals surface area contributed by atoms with Crippen molar-refractivity contribution >= 4 is 38.9 Å². The van der Waals surface area contributed by atoms with Crippen LogP contribution in [0.1, 0.15) is 11.1 Å². The summed E-state index contributed by atoms with van der Waals surface area (Å²) in [5.74, 6) is 0. The molecule has 7 heteroatoms. The van der Waals surface area contributed by atoms with Crippen LogP contribution in [0, 0.1) is 6.92 Å². The van der Waals surface area contributed by atoms with E-state index in [1.165, 1.54) is 30.3 Å². The maximum absolute atomic E-state index is 12.3. The van der Waals surface area contributed by atoms with Gasteiger partial charge in [0.25, 0.3) is 10.0 Å². The van der Waals surface area contributed by atoms with E-state index in [-0.39, 0.29) is 22.2 Å². The standard InChI is InChI=1S/C14H13Cl2NO3S/c1-9-6-13(16)14(7-12(9)15)17-21(19,20)11-4-2-10(8-18)3-5-11/h2-7,17-18H,8H2,1H3. The van der Waals surface area contributed by atoms with E-state index in [1.807, 2.05) is 0 Å². The first-order valence-electron chi connectivity index (χ1n) is 6.02. The van der Waals surface area contributed by atoms with Crippen molar-refractivity contribution < 1.29 is 13.5 Å². The summed E-state index contributed by atoms with van der Waals surface area (Å²) in [5.41, 5.74) is 1.61. The summed E-state index contributed by atoms with van der Waals surface area (Å²) >= 11 is 12.0. The van der Waals surface area contributed by atoms with Crippen molar-refractivity contribution in [2.75, 3.05) is 4.72 Å². The zero-order valence-electron chi connectivity index (χ0n) is 11.1. The van der Waals surface area contributed by atoms with Crippen molar-refractivity contribution in [2.45, 2.75) is 18.4 Å². The zero-order chi connectivity index (χ0) is 15.6. The first-order chi connectivity index (χ1) is 9.83. The van der Waals surface area contributed by atoms with Gasteiger partial charge in [-0.05, 0) is 42.3 Å². The molecule has 2 rings (SSSR count). The van der Waals surface area contributed by atoms with E-state index >= 15 is 0 Å². The number of hydrogen-bond donors (Lipinski definition) is 2. The molecule has 0 saturated heterocycles. The van der Waals surface area contributed by atoms with Gasteiger partial charge >= 0.3 is 0 Å². The molecule has 0 atom stereocenters. The van der Waals surface area contributed by atoms with E-state index in [4.69, 9.17) is 28.3 Å². The van der Waals surface area contributed by atoms with Crippen molar-refractivity contribution in [1.82, 2.24) is 0 Å². The Bertz CT molecular complexity index is 759.